The zero-order valence-corrected chi connectivity index (χ0v) is 25.2. The number of aryl methyl sites for hydroxylation is 2. The molecular formula is C40H35N3O. The molecule has 7 rings (SSSR count). The summed E-state index contributed by atoms with van der Waals surface area (Å²) >= 11 is 0. The maximum Gasteiger partial charge on any atom is 0.221 e. The van der Waals surface area contributed by atoms with Crippen molar-refractivity contribution in [2.45, 2.75) is 33.1 Å². The number of carbonyl (C=O) groups is 1. The minimum absolute atomic E-state index is 0.00891. The van der Waals surface area contributed by atoms with Crippen LogP contribution in [-0.4, -0.2) is 15.9 Å². The first-order valence-electron chi connectivity index (χ1n) is 15.2. The molecule has 0 saturated carbocycles. The molecule has 5 aromatic carbocycles. The summed E-state index contributed by atoms with van der Waals surface area (Å²) in [7, 11) is 0. The highest BCUT2D eigenvalue weighted by Crippen LogP contribution is 2.46. The summed E-state index contributed by atoms with van der Waals surface area (Å²) in [4.78, 5) is 19.8. The van der Waals surface area contributed by atoms with E-state index >= 15 is 0 Å². The number of anilines is 1. The Morgan fingerprint density at radius 1 is 0.659 bits per heavy atom. The van der Waals surface area contributed by atoms with Crippen LogP contribution in [0.5, 0.6) is 0 Å². The first-order chi connectivity index (χ1) is 21.5. The van der Waals surface area contributed by atoms with Gasteiger partial charge in [0, 0.05) is 69.3 Å². The fourth-order valence-electron chi connectivity index (χ4n) is 6.67. The Bertz CT molecular complexity index is 2100. The van der Waals surface area contributed by atoms with Crippen LogP contribution in [-0.2, 0) is 11.2 Å². The molecule has 0 spiro atoms. The number of rotatable bonds is 7. The van der Waals surface area contributed by atoms with Gasteiger partial charge in [0.1, 0.15) is 0 Å². The number of nitrogens with one attached hydrogen (secondary N) is 3. The highest BCUT2D eigenvalue weighted by Gasteiger charge is 2.28. The third-order valence-corrected chi connectivity index (χ3v) is 8.50. The number of aromatic amines is 2. The highest BCUT2D eigenvalue weighted by molar-refractivity contribution is 6.08. The molecule has 0 aliphatic heterocycles. The first kappa shape index (κ1) is 27.5. The maximum atomic E-state index is 12.1. The molecule has 4 heteroatoms. The van der Waals surface area contributed by atoms with Crippen LogP contribution >= 0.6 is 0 Å². The van der Waals surface area contributed by atoms with Crippen LogP contribution < -0.4 is 5.32 Å². The quantitative estimate of drug-likeness (QED) is 0.175. The number of H-pyrrole nitrogens is 2. The molecule has 2 heterocycles. The second-order valence-corrected chi connectivity index (χ2v) is 11.8. The number of amides is 1. The standard InChI is InChI=1S/C40H35N3O/c1-25-12-10-15-29(22-25)37(30-16-11-13-26(2)23-30)40-39(32-18-6-9-21-35(32)43-40)38-31-17-5-8-20-34(31)42-36(38)24-28-14-4-7-19-33(28)41-27(3)44/h4-23,37,42-43H,24H2,1-3H3,(H,41,44). The molecule has 0 atom stereocenters. The van der Waals surface area contributed by atoms with Gasteiger partial charge in [-0.15, -0.1) is 0 Å². The third-order valence-electron chi connectivity index (χ3n) is 8.50. The minimum atomic E-state index is -0.0765. The predicted octanol–water partition coefficient (Wildman–Crippen LogP) is 9.66. The highest BCUT2D eigenvalue weighted by atomic mass is 16.1. The Balaban J connectivity index is 1.53. The van der Waals surface area contributed by atoms with Crippen molar-refractivity contribution in [3.8, 4) is 11.1 Å². The van der Waals surface area contributed by atoms with Gasteiger partial charge >= 0.3 is 0 Å². The third kappa shape index (κ3) is 5.09. The zero-order valence-electron chi connectivity index (χ0n) is 25.2. The van der Waals surface area contributed by atoms with E-state index in [-0.39, 0.29) is 11.8 Å². The number of fused-ring (bicyclic) bond motifs is 2. The molecule has 7 aromatic rings. The smallest absolute Gasteiger partial charge is 0.221 e. The van der Waals surface area contributed by atoms with Crippen LogP contribution in [0.2, 0.25) is 0 Å². The second kappa shape index (κ2) is 11.4. The summed E-state index contributed by atoms with van der Waals surface area (Å²) < 4.78 is 0. The van der Waals surface area contributed by atoms with Crippen LogP contribution in [0.4, 0.5) is 5.69 Å². The maximum absolute atomic E-state index is 12.1. The van der Waals surface area contributed by atoms with Crippen LogP contribution in [0.15, 0.2) is 121 Å². The van der Waals surface area contributed by atoms with E-state index in [4.69, 9.17) is 0 Å². The Labute approximate surface area is 257 Å². The number of hydrogen-bond donors (Lipinski definition) is 3. The molecule has 0 unspecified atom stereocenters. The van der Waals surface area contributed by atoms with Gasteiger partial charge in [0.2, 0.25) is 5.91 Å². The lowest BCUT2D eigenvalue weighted by Gasteiger charge is -2.21. The normalized spacial score (nSPS) is 11.5. The molecule has 4 nitrogen and oxygen atoms in total. The van der Waals surface area contributed by atoms with Gasteiger partial charge in [0.05, 0.1) is 0 Å². The molecule has 0 radical (unpaired) electrons. The summed E-state index contributed by atoms with van der Waals surface area (Å²) in [6, 6.07) is 43.0. The van der Waals surface area contributed by atoms with E-state index in [1.165, 1.54) is 49.8 Å². The fourth-order valence-corrected chi connectivity index (χ4v) is 6.67. The Kier molecular flexibility index (Phi) is 7.11. The molecule has 0 aliphatic carbocycles. The van der Waals surface area contributed by atoms with Gasteiger partial charge in [-0.1, -0.05) is 114 Å². The topological polar surface area (TPSA) is 60.7 Å². The second-order valence-electron chi connectivity index (χ2n) is 11.8. The van der Waals surface area contributed by atoms with E-state index in [0.29, 0.717) is 6.42 Å². The lowest BCUT2D eigenvalue weighted by molar-refractivity contribution is -0.114. The summed E-state index contributed by atoms with van der Waals surface area (Å²) in [5.74, 6) is -0.0854. The van der Waals surface area contributed by atoms with Crippen molar-refractivity contribution in [1.82, 2.24) is 9.97 Å². The van der Waals surface area contributed by atoms with Gasteiger partial charge in [-0.2, -0.15) is 0 Å². The van der Waals surface area contributed by atoms with Crippen molar-refractivity contribution in [3.05, 3.63) is 161 Å². The lowest BCUT2D eigenvalue weighted by atomic mass is 9.83. The minimum Gasteiger partial charge on any atom is -0.358 e. The number of benzene rings is 5. The van der Waals surface area contributed by atoms with Gasteiger partial charge in [0.15, 0.2) is 0 Å². The van der Waals surface area contributed by atoms with Gasteiger partial charge < -0.3 is 15.3 Å². The van der Waals surface area contributed by atoms with E-state index < -0.39 is 0 Å². The Morgan fingerprint density at radius 2 is 1.23 bits per heavy atom. The van der Waals surface area contributed by atoms with Gasteiger partial charge in [-0.25, -0.2) is 0 Å². The van der Waals surface area contributed by atoms with Crippen molar-refractivity contribution in [1.29, 1.82) is 0 Å². The van der Waals surface area contributed by atoms with Gasteiger partial charge in [-0.3, -0.25) is 4.79 Å². The lowest BCUT2D eigenvalue weighted by Crippen LogP contribution is -2.09. The van der Waals surface area contributed by atoms with Crippen molar-refractivity contribution in [2.24, 2.45) is 0 Å². The number of para-hydroxylation sites is 3. The monoisotopic (exact) mass is 573 g/mol. The van der Waals surface area contributed by atoms with Crippen molar-refractivity contribution in [2.75, 3.05) is 5.32 Å². The van der Waals surface area contributed by atoms with E-state index in [9.17, 15) is 4.79 Å². The van der Waals surface area contributed by atoms with Gasteiger partial charge in [-0.05, 0) is 48.7 Å². The molecule has 0 aliphatic rings. The van der Waals surface area contributed by atoms with Gasteiger partial charge in [0.25, 0.3) is 0 Å². The zero-order chi connectivity index (χ0) is 30.2. The van der Waals surface area contributed by atoms with E-state index in [1.54, 1.807) is 6.92 Å². The van der Waals surface area contributed by atoms with Crippen molar-refractivity contribution in [3.63, 3.8) is 0 Å². The summed E-state index contributed by atoms with van der Waals surface area (Å²) in [6.45, 7) is 5.88. The average molecular weight is 574 g/mol. The Hall–Kier alpha value is -5.35. The number of hydrogen-bond acceptors (Lipinski definition) is 1. The first-order valence-corrected chi connectivity index (χ1v) is 15.2. The van der Waals surface area contributed by atoms with Crippen LogP contribution in [0, 0.1) is 13.8 Å². The molecule has 0 saturated heterocycles. The van der Waals surface area contributed by atoms with E-state index in [0.717, 1.165) is 28.0 Å². The molecule has 44 heavy (non-hydrogen) atoms. The number of carbonyl (C=O) groups excluding carboxylic acids is 1. The molecule has 216 valence electrons. The average Bonchev–Trinajstić information content (AvgIpc) is 3.55. The summed E-state index contributed by atoms with van der Waals surface area (Å²) in [6.07, 6.45) is 0.638. The van der Waals surface area contributed by atoms with E-state index in [2.05, 4.69) is 132 Å². The molecule has 0 bridgehead atoms. The molecule has 1 amide bonds. The largest absolute Gasteiger partial charge is 0.358 e. The molecule has 0 fully saturated rings. The van der Waals surface area contributed by atoms with Crippen LogP contribution in [0.25, 0.3) is 32.9 Å². The Morgan fingerprint density at radius 3 is 1.86 bits per heavy atom. The molecule has 3 N–H and O–H groups in total. The number of aromatic nitrogens is 2. The fraction of sp³-hybridized carbons (Fsp3) is 0.125. The molecule has 2 aromatic heterocycles. The van der Waals surface area contributed by atoms with Crippen LogP contribution in [0.3, 0.4) is 0 Å². The van der Waals surface area contributed by atoms with Crippen molar-refractivity contribution < 1.29 is 4.79 Å². The molecular weight excluding hydrogens is 538 g/mol. The van der Waals surface area contributed by atoms with Crippen molar-refractivity contribution >= 4 is 33.4 Å². The summed E-state index contributed by atoms with van der Waals surface area (Å²) in [5, 5.41) is 5.40. The summed E-state index contributed by atoms with van der Waals surface area (Å²) in [5.41, 5.74) is 13.7. The van der Waals surface area contributed by atoms with E-state index in [1.807, 2.05) is 18.2 Å². The van der Waals surface area contributed by atoms with Crippen LogP contribution in [0.1, 0.15) is 52.0 Å². The predicted molar refractivity (Wildman–Crippen MR) is 182 cm³/mol. The SMILES string of the molecule is CC(=O)Nc1ccccc1Cc1[nH]c2ccccc2c1-c1c(C(c2cccc(C)c2)c2cccc(C)c2)[nH]c2ccccc12.